The fourth-order valence-corrected chi connectivity index (χ4v) is 1.25. The minimum Gasteiger partial charge on any atom is -0.478 e. The van der Waals surface area contributed by atoms with Gasteiger partial charge in [0.15, 0.2) is 0 Å². The third-order valence-electron chi connectivity index (χ3n) is 1.96. The molecule has 0 heterocycles. The summed E-state index contributed by atoms with van der Waals surface area (Å²) >= 11 is 0. The van der Waals surface area contributed by atoms with Gasteiger partial charge in [0.2, 0.25) is 5.91 Å². The third-order valence-corrected chi connectivity index (χ3v) is 1.96. The Balaban J connectivity index is 2.41. The van der Waals surface area contributed by atoms with E-state index < -0.39 is 11.9 Å². The Morgan fingerprint density at radius 1 is 1.35 bits per heavy atom. The number of primary amides is 1. The van der Waals surface area contributed by atoms with Crippen molar-refractivity contribution in [1.82, 2.24) is 0 Å². The highest BCUT2D eigenvalue weighted by Crippen LogP contribution is 2.14. The Hall–Kier alpha value is -2.08. The van der Waals surface area contributed by atoms with Crippen molar-refractivity contribution in [3.63, 3.8) is 0 Å². The van der Waals surface area contributed by atoms with E-state index >= 15 is 0 Å². The van der Waals surface area contributed by atoms with Crippen molar-refractivity contribution in [2.24, 2.45) is 5.73 Å². The molecule has 0 spiro atoms. The summed E-state index contributed by atoms with van der Waals surface area (Å²) in [5, 5.41) is 11.8. The Labute approximate surface area is 98.4 Å². The third kappa shape index (κ3) is 4.52. The summed E-state index contributed by atoms with van der Waals surface area (Å²) in [7, 11) is 0. The van der Waals surface area contributed by atoms with Gasteiger partial charge in [-0.05, 0) is 12.1 Å². The van der Waals surface area contributed by atoms with Crippen molar-refractivity contribution in [3.8, 4) is 0 Å². The van der Waals surface area contributed by atoms with Crippen LogP contribution in [0.3, 0.4) is 0 Å². The number of rotatable bonds is 7. The highest BCUT2D eigenvalue weighted by molar-refractivity contribution is 5.94. The standard InChI is InChI=1S/C11H14N2O4/c12-10(14)7-17-6-5-13-9-4-2-1-3-8(9)11(15)16/h1-4,13H,5-7H2,(H2,12,14)(H,15,16). The van der Waals surface area contributed by atoms with Crippen molar-refractivity contribution in [1.29, 1.82) is 0 Å². The average Bonchev–Trinajstić information content (AvgIpc) is 2.28. The molecule has 1 rings (SSSR count). The van der Waals surface area contributed by atoms with Gasteiger partial charge in [0.25, 0.3) is 0 Å². The average molecular weight is 238 g/mol. The number of para-hydroxylation sites is 1. The molecule has 0 aliphatic rings. The van der Waals surface area contributed by atoms with Crippen LogP contribution in [0, 0.1) is 0 Å². The molecule has 0 aliphatic heterocycles. The number of carbonyl (C=O) groups excluding carboxylic acids is 1. The number of carbonyl (C=O) groups is 2. The van der Waals surface area contributed by atoms with E-state index in [4.69, 9.17) is 15.6 Å². The predicted octanol–water partition coefficient (Wildman–Crippen LogP) is 0.299. The zero-order valence-electron chi connectivity index (χ0n) is 9.18. The van der Waals surface area contributed by atoms with E-state index in [1.165, 1.54) is 6.07 Å². The molecule has 0 bridgehead atoms. The first-order chi connectivity index (χ1) is 8.11. The van der Waals surface area contributed by atoms with Gasteiger partial charge in [-0.25, -0.2) is 4.79 Å². The summed E-state index contributed by atoms with van der Waals surface area (Å²) in [5.41, 5.74) is 5.60. The molecule has 1 aromatic carbocycles. The summed E-state index contributed by atoms with van der Waals surface area (Å²) in [5.74, 6) is -1.53. The van der Waals surface area contributed by atoms with Crippen molar-refractivity contribution >= 4 is 17.6 Å². The quantitative estimate of drug-likeness (QED) is 0.593. The molecule has 0 atom stereocenters. The van der Waals surface area contributed by atoms with Crippen LogP contribution < -0.4 is 11.1 Å². The number of benzene rings is 1. The maximum absolute atomic E-state index is 10.9. The molecule has 6 nitrogen and oxygen atoms in total. The lowest BCUT2D eigenvalue weighted by Gasteiger charge is -2.09. The molecule has 17 heavy (non-hydrogen) atoms. The summed E-state index contributed by atoms with van der Waals surface area (Å²) in [6, 6.07) is 6.56. The van der Waals surface area contributed by atoms with E-state index in [1.54, 1.807) is 18.2 Å². The van der Waals surface area contributed by atoms with Gasteiger partial charge in [-0.3, -0.25) is 4.79 Å². The van der Waals surface area contributed by atoms with Crippen molar-refractivity contribution in [2.75, 3.05) is 25.1 Å². The molecule has 0 aliphatic carbocycles. The lowest BCUT2D eigenvalue weighted by molar-refractivity contribution is -0.122. The summed E-state index contributed by atoms with van der Waals surface area (Å²) in [4.78, 5) is 21.2. The maximum Gasteiger partial charge on any atom is 0.337 e. The predicted molar refractivity (Wildman–Crippen MR) is 61.9 cm³/mol. The topological polar surface area (TPSA) is 102 Å². The van der Waals surface area contributed by atoms with Gasteiger partial charge in [0, 0.05) is 12.2 Å². The highest BCUT2D eigenvalue weighted by atomic mass is 16.5. The SMILES string of the molecule is NC(=O)COCCNc1ccccc1C(=O)O. The minimum absolute atomic E-state index is 0.137. The number of anilines is 1. The van der Waals surface area contributed by atoms with Gasteiger partial charge >= 0.3 is 5.97 Å². The zero-order chi connectivity index (χ0) is 12.7. The first-order valence-electron chi connectivity index (χ1n) is 5.03. The number of hydrogen-bond acceptors (Lipinski definition) is 4. The summed E-state index contributed by atoms with van der Waals surface area (Å²) < 4.78 is 4.93. The van der Waals surface area contributed by atoms with Gasteiger partial charge in [0.1, 0.15) is 6.61 Å². The van der Waals surface area contributed by atoms with Crippen LogP contribution in [0.4, 0.5) is 5.69 Å². The van der Waals surface area contributed by atoms with E-state index in [-0.39, 0.29) is 18.8 Å². The molecular formula is C11H14N2O4. The molecule has 0 fully saturated rings. The smallest absolute Gasteiger partial charge is 0.337 e. The number of carboxylic acid groups (broad SMARTS) is 1. The maximum atomic E-state index is 10.9. The summed E-state index contributed by atoms with van der Waals surface area (Å²) in [6.07, 6.45) is 0. The number of nitrogens with one attached hydrogen (secondary N) is 1. The molecule has 6 heteroatoms. The summed E-state index contributed by atoms with van der Waals surface area (Å²) in [6.45, 7) is 0.538. The Bertz CT molecular complexity index is 406. The molecule has 0 unspecified atom stereocenters. The van der Waals surface area contributed by atoms with E-state index in [1.807, 2.05) is 0 Å². The fourth-order valence-electron chi connectivity index (χ4n) is 1.25. The van der Waals surface area contributed by atoms with E-state index in [0.29, 0.717) is 12.2 Å². The number of carboxylic acids is 1. The van der Waals surface area contributed by atoms with Crippen LogP contribution >= 0.6 is 0 Å². The number of nitrogens with two attached hydrogens (primary N) is 1. The van der Waals surface area contributed by atoms with Gasteiger partial charge < -0.3 is 20.9 Å². The lowest BCUT2D eigenvalue weighted by atomic mass is 10.2. The van der Waals surface area contributed by atoms with Crippen molar-refractivity contribution in [3.05, 3.63) is 29.8 Å². The van der Waals surface area contributed by atoms with Crippen LogP contribution in [0.1, 0.15) is 10.4 Å². The van der Waals surface area contributed by atoms with Crippen molar-refractivity contribution < 1.29 is 19.4 Å². The van der Waals surface area contributed by atoms with Crippen LogP contribution in [-0.2, 0) is 9.53 Å². The van der Waals surface area contributed by atoms with Crippen LogP contribution in [0.5, 0.6) is 0 Å². The second-order valence-corrected chi connectivity index (χ2v) is 3.30. The molecular weight excluding hydrogens is 224 g/mol. The Morgan fingerprint density at radius 2 is 2.06 bits per heavy atom. The molecule has 4 N–H and O–H groups in total. The van der Waals surface area contributed by atoms with Crippen molar-refractivity contribution in [2.45, 2.75) is 0 Å². The zero-order valence-corrected chi connectivity index (χ0v) is 9.18. The molecule has 1 amide bonds. The number of hydrogen-bond donors (Lipinski definition) is 3. The second kappa shape index (κ2) is 6.49. The monoisotopic (exact) mass is 238 g/mol. The van der Waals surface area contributed by atoms with Gasteiger partial charge in [-0.1, -0.05) is 12.1 Å². The van der Waals surface area contributed by atoms with Crippen LogP contribution in [0.25, 0.3) is 0 Å². The molecule has 92 valence electrons. The molecule has 0 saturated heterocycles. The van der Waals surface area contributed by atoms with Crippen LogP contribution in [0.2, 0.25) is 0 Å². The number of ether oxygens (including phenoxy) is 1. The van der Waals surface area contributed by atoms with E-state index in [0.717, 1.165) is 0 Å². The van der Waals surface area contributed by atoms with Gasteiger partial charge in [0.05, 0.1) is 12.2 Å². The van der Waals surface area contributed by atoms with E-state index in [9.17, 15) is 9.59 Å². The lowest BCUT2D eigenvalue weighted by Crippen LogP contribution is -2.21. The molecule has 0 radical (unpaired) electrons. The second-order valence-electron chi connectivity index (χ2n) is 3.30. The molecule has 0 saturated carbocycles. The normalized spacial score (nSPS) is 9.88. The number of aromatic carboxylic acids is 1. The Morgan fingerprint density at radius 3 is 2.71 bits per heavy atom. The molecule has 0 aromatic heterocycles. The minimum atomic E-state index is -0.994. The first-order valence-corrected chi connectivity index (χ1v) is 5.03. The molecule has 1 aromatic rings. The highest BCUT2D eigenvalue weighted by Gasteiger charge is 2.07. The fraction of sp³-hybridized carbons (Fsp3) is 0.273. The number of amides is 1. The largest absolute Gasteiger partial charge is 0.478 e. The Kier molecular flexibility index (Phi) is 4.96. The van der Waals surface area contributed by atoms with Gasteiger partial charge in [-0.2, -0.15) is 0 Å². The first kappa shape index (κ1) is 13.0. The van der Waals surface area contributed by atoms with Crippen LogP contribution in [-0.4, -0.2) is 36.7 Å². The van der Waals surface area contributed by atoms with E-state index in [2.05, 4.69) is 5.32 Å². The van der Waals surface area contributed by atoms with Crippen LogP contribution in [0.15, 0.2) is 24.3 Å². The van der Waals surface area contributed by atoms with Gasteiger partial charge in [-0.15, -0.1) is 0 Å².